The predicted octanol–water partition coefficient (Wildman–Crippen LogP) is 6.14. The molecule has 0 bridgehead atoms. The van der Waals surface area contributed by atoms with Crippen LogP contribution in [-0.2, 0) is 16.3 Å². The van der Waals surface area contributed by atoms with Crippen molar-refractivity contribution < 1.29 is 8.42 Å². The Labute approximate surface area is 195 Å². The molecule has 4 rings (SSSR count). The van der Waals surface area contributed by atoms with E-state index in [0.29, 0.717) is 36.0 Å². The van der Waals surface area contributed by atoms with Crippen molar-refractivity contribution in [1.82, 2.24) is 4.98 Å². The molecule has 30 heavy (non-hydrogen) atoms. The zero-order valence-electron chi connectivity index (χ0n) is 15.9. The lowest BCUT2D eigenvalue weighted by molar-refractivity contribution is 0.529. The maximum absolute atomic E-state index is 13.0. The van der Waals surface area contributed by atoms with E-state index in [1.165, 1.54) is 18.2 Å². The van der Waals surface area contributed by atoms with Gasteiger partial charge in [-0.2, -0.15) is 0 Å². The van der Waals surface area contributed by atoms with Crippen LogP contribution in [0.4, 0.5) is 5.13 Å². The number of hydrogen-bond acceptors (Lipinski definition) is 5. The number of nitrogens with zero attached hydrogens (tertiary/aromatic N) is 2. The first kappa shape index (κ1) is 21.9. The molecule has 0 unspecified atom stereocenters. The Morgan fingerprint density at radius 3 is 2.23 bits per heavy atom. The molecule has 0 amide bonds. The Bertz CT molecular complexity index is 1120. The van der Waals surface area contributed by atoms with E-state index in [1.807, 2.05) is 24.3 Å². The van der Waals surface area contributed by atoms with Gasteiger partial charge in [-0.25, -0.2) is 13.4 Å². The van der Waals surface area contributed by atoms with Gasteiger partial charge in [0.1, 0.15) is 0 Å². The van der Waals surface area contributed by atoms with Gasteiger partial charge in [-0.05, 0) is 48.7 Å². The minimum absolute atomic E-state index is 0.193. The second kappa shape index (κ2) is 9.05. The lowest BCUT2D eigenvalue weighted by Gasteiger charge is -2.31. The Kier molecular flexibility index (Phi) is 6.61. The summed E-state index contributed by atoms with van der Waals surface area (Å²) in [6.45, 7) is 1.29. The summed E-state index contributed by atoms with van der Waals surface area (Å²) in [6.07, 6.45) is 1.82. The maximum atomic E-state index is 13.0. The molecule has 3 aromatic rings. The van der Waals surface area contributed by atoms with Gasteiger partial charge in [-0.15, -0.1) is 11.3 Å². The van der Waals surface area contributed by atoms with Crippen molar-refractivity contribution >= 4 is 61.1 Å². The lowest BCUT2D eigenvalue weighted by atomic mass is 10.1. The Morgan fingerprint density at radius 2 is 1.60 bits per heavy atom. The molecule has 1 saturated heterocycles. The summed E-state index contributed by atoms with van der Waals surface area (Å²) in [5, 5.41) is 3.91. The SMILES string of the molecule is O=S(=O)(c1cc(Cl)cc(Cl)c1)C1CCN(c2nc(Cc3ccc(Cl)cc3)cs2)CC1. The van der Waals surface area contributed by atoms with Crippen LogP contribution in [0.1, 0.15) is 24.1 Å². The minimum atomic E-state index is -3.48. The molecule has 0 saturated carbocycles. The van der Waals surface area contributed by atoms with Gasteiger partial charge >= 0.3 is 0 Å². The number of aromatic nitrogens is 1. The quantitative estimate of drug-likeness (QED) is 0.421. The average molecular weight is 502 g/mol. The smallest absolute Gasteiger partial charge is 0.185 e. The van der Waals surface area contributed by atoms with Crippen LogP contribution in [0.25, 0.3) is 0 Å². The Balaban J connectivity index is 1.41. The van der Waals surface area contributed by atoms with Crippen LogP contribution < -0.4 is 4.90 Å². The van der Waals surface area contributed by atoms with E-state index in [1.54, 1.807) is 11.3 Å². The fraction of sp³-hybridized carbons (Fsp3) is 0.286. The molecule has 0 spiro atoms. The standard InChI is InChI=1S/C21H19Cl3N2O2S2/c22-15-3-1-14(2-4-15)9-18-13-29-21(25-18)26-7-5-19(6-8-26)30(27,28)20-11-16(23)10-17(24)12-20/h1-4,10-13,19H,5-9H2. The molecule has 0 atom stereocenters. The van der Waals surface area contributed by atoms with Crippen LogP contribution in [0, 0.1) is 0 Å². The molecule has 0 radical (unpaired) electrons. The second-order valence-electron chi connectivity index (χ2n) is 7.26. The number of benzene rings is 2. The molecule has 0 aliphatic carbocycles. The molecule has 2 aromatic carbocycles. The molecule has 4 nitrogen and oxygen atoms in total. The third kappa shape index (κ3) is 4.94. The molecule has 2 heterocycles. The summed E-state index contributed by atoms with van der Waals surface area (Å²) in [7, 11) is -3.48. The maximum Gasteiger partial charge on any atom is 0.185 e. The van der Waals surface area contributed by atoms with Gasteiger partial charge in [0, 0.05) is 40.0 Å². The summed E-state index contributed by atoms with van der Waals surface area (Å²) >= 11 is 19.5. The molecular weight excluding hydrogens is 483 g/mol. The van der Waals surface area contributed by atoms with Crippen LogP contribution in [0.15, 0.2) is 52.7 Å². The van der Waals surface area contributed by atoms with E-state index in [2.05, 4.69) is 10.3 Å². The van der Waals surface area contributed by atoms with Crippen LogP contribution in [-0.4, -0.2) is 31.7 Å². The van der Waals surface area contributed by atoms with E-state index >= 15 is 0 Å². The number of sulfone groups is 1. The normalized spacial score (nSPS) is 15.5. The van der Waals surface area contributed by atoms with Gasteiger partial charge in [0.25, 0.3) is 0 Å². The molecule has 0 N–H and O–H groups in total. The van der Waals surface area contributed by atoms with Gasteiger partial charge in [0.2, 0.25) is 0 Å². The van der Waals surface area contributed by atoms with Crippen molar-refractivity contribution in [2.75, 3.05) is 18.0 Å². The van der Waals surface area contributed by atoms with E-state index < -0.39 is 15.1 Å². The Morgan fingerprint density at radius 1 is 0.967 bits per heavy atom. The number of hydrogen-bond donors (Lipinski definition) is 0. The van der Waals surface area contributed by atoms with Crippen LogP contribution in [0.3, 0.4) is 0 Å². The van der Waals surface area contributed by atoms with Gasteiger partial charge in [0.05, 0.1) is 15.8 Å². The lowest BCUT2D eigenvalue weighted by Crippen LogP contribution is -2.39. The third-order valence-corrected chi connectivity index (χ3v) is 9.03. The number of halogens is 3. The van der Waals surface area contributed by atoms with Gasteiger partial charge in [-0.3, -0.25) is 0 Å². The highest BCUT2D eigenvalue weighted by molar-refractivity contribution is 7.92. The minimum Gasteiger partial charge on any atom is -0.348 e. The number of thiazole rings is 1. The van der Waals surface area contributed by atoms with Gasteiger partial charge < -0.3 is 4.90 Å². The molecule has 1 fully saturated rings. The molecule has 1 aliphatic rings. The predicted molar refractivity (Wildman–Crippen MR) is 125 cm³/mol. The summed E-state index contributed by atoms with van der Waals surface area (Å²) in [4.78, 5) is 7.10. The van der Waals surface area contributed by atoms with Crippen molar-refractivity contribution in [2.45, 2.75) is 29.4 Å². The van der Waals surface area contributed by atoms with Gasteiger partial charge in [-0.1, -0.05) is 46.9 Å². The fourth-order valence-corrected chi connectivity index (χ4v) is 7.04. The van der Waals surface area contributed by atoms with Crippen molar-refractivity contribution in [3.05, 3.63) is 74.2 Å². The highest BCUT2D eigenvalue weighted by atomic mass is 35.5. The monoisotopic (exact) mass is 500 g/mol. The van der Waals surface area contributed by atoms with E-state index in [-0.39, 0.29) is 4.90 Å². The summed E-state index contributed by atoms with van der Waals surface area (Å²) in [6, 6.07) is 12.2. The number of piperidine rings is 1. The zero-order chi connectivity index (χ0) is 21.3. The topological polar surface area (TPSA) is 50.3 Å². The molecule has 158 valence electrons. The Hall–Kier alpha value is -1.31. The van der Waals surface area contributed by atoms with E-state index in [4.69, 9.17) is 39.8 Å². The van der Waals surface area contributed by atoms with Crippen molar-refractivity contribution in [3.63, 3.8) is 0 Å². The van der Waals surface area contributed by atoms with Crippen LogP contribution >= 0.6 is 46.1 Å². The molecule has 9 heteroatoms. The second-order valence-corrected chi connectivity index (χ2v) is 11.6. The van der Waals surface area contributed by atoms with Crippen molar-refractivity contribution in [3.8, 4) is 0 Å². The van der Waals surface area contributed by atoms with Crippen LogP contribution in [0.5, 0.6) is 0 Å². The fourth-order valence-electron chi connectivity index (χ4n) is 3.58. The first-order valence-corrected chi connectivity index (χ1v) is 13.0. The van der Waals surface area contributed by atoms with Crippen LogP contribution in [0.2, 0.25) is 15.1 Å². The third-order valence-electron chi connectivity index (χ3n) is 5.15. The van der Waals surface area contributed by atoms with E-state index in [9.17, 15) is 8.42 Å². The highest BCUT2D eigenvalue weighted by Crippen LogP contribution is 2.31. The summed E-state index contributed by atoms with van der Waals surface area (Å²) in [5.74, 6) is 0. The first-order valence-electron chi connectivity index (χ1n) is 9.45. The summed E-state index contributed by atoms with van der Waals surface area (Å²) in [5.41, 5.74) is 2.15. The zero-order valence-corrected chi connectivity index (χ0v) is 19.8. The molecule has 1 aromatic heterocycles. The van der Waals surface area contributed by atoms with Gasteiger partial charge in [0.15, 0.2) is 15.0 Å². The van der Waals surface area contributed by atoms with Crippen molar-refractivity contribution in [1.29, 1.82) is 0 Å². The molecule has 1 aliphatic heterocycles. The average Bonchev–Trinajstić information content (AvgIpc) is 3.18. The number of rotatable bonds is 5. The van der Waals surface area contributed by atoms with Crippen molar-refractivity contribution in [2.24, 2.45) is 0 Å². The number of anilines is 1. The largest absolute Gasteiger partial charge is 0.348 e. The highest BCUT2D eigenvalue weighted by Gasteiger charge is 2.32. The van der Waals surface area contributed by atoms with E-state index in [0.717, 1.165) is 27.8 Å². The molecular formula is C21H19Cl3N2O2S2. The summed E-state index contributed by atoms with van der Waals surface area (Å²) < 4.78 is 26.0. The first-order chi connectivity index (χ1) is 14.3.